The second-order valence-electron chi connectivity index (χ2n) is 7.42. The Balaban J connectivity index is 1.24. The van der Waals surface area contributed by atoms with Crippen LogP contribution in [0.2, 0.25) is 0 Å². The van der Waals surface area contributed by atoms with E-state index >= 15 is 0 Å². The molecule has 1 aromatic carbocycles. The van der Waals surface area contributed by atoms with Gasteiger partial charge in [-0.3, -0.25) is 14.5 Å². The average molecular weight is 391 g/mol. The molecule has 0 spiro atoms. The van der Waals surface area contributed by atoms with Crippen LogP contribution in [0, 0.1) is 6.92 Å². The van der Waals surface area contributed by atoms with Crippen molar-refractivity contribution in [3.05, 3.63) is 71.5 Å². The molecule has 1 aliphatic rings. The number of hydrogen-bond donors (Lipinski definition) is 1. The van der Waals surface area contributed by atoms with E-state index in [0.717, 1.165) is 25.2 Å². The van der Waals surface area contributed by atoms with Crippen LogP contribution in [0.15, 0.2) is 54.7 Å². The lowest BCUT2D eigenvalue weighted by Gasteiger charge is -2.34. The molecule has 0 bridgehead atoms. The van der Waals surface area contributed by atoms with E-state index in [1.807, 2.05) is 23.1 Å². The van der Waals surface area contributed by atoms with Crippen LogP contribution in [0.3, 0.4) is 0 Å². The number of aryl methyl sites for hydroxylation is 1. The number of amides is 2. The van der Waals surface area contributed by atoms with Crippen molar-refractivity contribution in [3.8, 4) is 0 Å². The van der Waals surface area contributed by atoms with Crippen LogP contribution in [-0.2, 0) is 11.3 Å². The first-order chi connectivity index (χ1) is 14.1. The fourth-order valence-electron chi connectivity index (χ4n) is 3.51. The van der Waals surface area contributed by atoms with E-state index in [2.05, 4.69) is 46.5 Å². The number of carbonyl (C=O) groups excluding carboxylic acids is 2. The molecule has 1 aliphatic heterocycles. The topological polar surface area (TPSA) is 70.0 Å². The highest BCUT2D eigenvalue weighted by Crippen LogP contribution is 2.10. The van der Waals surface area contributed by atoms with Gasteiger partial charge in [0, 0.05) is 38.9 Å². The number of hydrogen-bond acceptors (Lipinski definition) is 4. The van der Waals surface area contributed by atoms with E-state index in [0.29, 0.717) is 18.8 Å². The average Bonchev–Trinajstić information content (AvgIpc) is 3.18. The Bertz CT molecular complexity index is 970. The molecule has 1 saturated heterocycles. The number of nitrogens with one attached hydrogen (secondary N) is 1. The third-order valence-corrected chi connectivity index (χ3v) is 5.25. The van der Waals surface area contributed by atoms with E-state index in [-0.39, 0.29) is 18.4 Å². The third-order valence-electron chi connectivity index (χ3n) is 5.25. The summed E-state index contributed by atoms with van der Waals surface area (Å²) in [6.45, 7) is 5.99. The minimum absolute atomic E-state index is 0.00926. The molecule has 0 saturated carbocycles. The van der Waals surface area contributed by atoms with Crippen molar-refractivity contribution in [1.29, 1.82) is 0 Å². The summed E-state index contributed by atoms with van der Waals surface area (Å²) in [5, 5.41) is 6.93. The number of piperazine rings is 1. The van der Waals surface area contributed by atoms with Crippen molar-refractivity contribution < 1.29 is 9.59 Å². The van der Waals surface area contributed by atoms with E-state index < -0.39 is 0 Å². The van der Waals surface area contributed by atoms with Gasteiger partial charge >= 0.3 is 0 Å². The van der Waals surface area contributed by atoms with Crippen molar-refractivity contribution >= 4 is 17.3 Å². The molecule has 3 aromatic rings. The lowest BCUT2D eigenvalue weighted by Crippen LogP contribution is -2.50. The summed E-state index contributed by atoms with van der Waals surface area (Å²) >= 11 is 0. The second kappa shape index (κ2) is 8.45. The summed E-state index contributed by atoms with van der Waals surface area (Å²) in [6.07, 6.45) is 1.79. The predicted molar refractivity (Wildman–Crippen MR) is 111 cm³/mol. The van der Waals surface area contributed by atoms with Gasteiger partial charge in [0.15, 0.2) is 5.69 Å². The quantitative estimate of drug-likeness (QED) is 0.719. The Labute approximate surface area is 169 Å². The van der Waals surface area contributed by atoms with E-state index in [9.17, 15) is 9.59 Å². The second-order valence-corrected chi connectivity index (χ2v) is 7.42. The van der Waals surface area contributed by atoms with Gasteiger partial charge in [-0.2, -0.15) is 5.10 Å². The first-order valence-electron chi connectivity index (χ1n) is 9.87. The van der Waals surface area contributed by atoms with Crippen molar-refractivity contribution in [1.82, 2.24) is 24.7 Å². The maximum atomic E-state index is 12.5. The number of fused-ring (bicyclic) bond motifs is 1. The normalized spacial score (nSPS) is 14.9. The van der Waals surface area contributed by atoms with Crippen LogP contribution in [0.1, 0.15) is 21.6 Å². The van der Waals surface area contributed by atoms with E-state index in [1.165, 1.54) is 11.1 Å². The zero-order valence-electron chi connectivity index (χ0n) is 16.5. The summed E-state index contributed by atoms with van der Waals surface area (Å²) < 4.78 is 1.64. The number of rotatable bonds is 5. The molecule has 3 heterocycles. The fraction of sp³-hybridized carbons (Fsp3) is 0.318. The van der Waals surface area contributed by atoms with Gasteiger partial charge in [-0.25, -0.2) is 4.52 Å². The SMILES string of the molecule is Cc1ccc(CN2CCN(C(=O)CNC(=O)c3cc4ccccn4n3)CC2)cc1. The number of benzene rings is 1. The fourth-order valence-corrected chi connectivity index (χ4v) is 3.51. The summed E-state index contributed by atoms with van der Waals surface area (Å²) in [5.41, 5.74) is 3.70. The highest BCUT2D eigenvalue weighted by atomic mass is 16.2. The monoisotopic (exact) mass is 391 g/mol. The van der Waals surface area contributed by atoms with Gasteiger partial charge in [0.2, 0.25) is 5.91 Å². The lowest BCUT2D eigenvalue weighted by molar-refractivity contribution is -0.131. The van der Waals surface area contributed by atoms with Crippen molar-refractivity contribution in [2.75, 3.05) is 32.7 Å². The summed E-state index contributed by atoms with van der Waals surface area (Å²) in [7, 11) is 0. The molecule has 150 valence electrons. The zero-order chi connectivity index (χ0) is 20.2. The van der Waals surface area contributed by atoms with Crippen LogP contribution >= 0.6 is 0 Å². The van der Waals surface area contributed by atoms with Crippen molar-refractivity contribution in [2.45, 2.75) is 13.5 Å². The molecule has 4 rings (SSSR count). The Morgan fingerprint density at radius 2 is 1.79 bits per heavy atom. The molecule has 0 atom stereocenters. The predicted octanol–water partition coefficient (Wildman–Crippen LogP) is 1.72. The smallest absolute Gasteiger partial charge is 0.272 e. The highest BCUT2D eigenvalue weighted by Gasteiger charge is 2.22. The Morgan fingerprint density at radius 1 is 1.03 bits per heavy atom. The minimum Gasteiger partial charge on any atom is -0.342 e. The number of nitrogens with zero attached hydrogens (tertiary/aromatic N) is 4. The van der Waals surface area contributed by atoms with Crippen LogP contribution < -0.4 is 5.32 Å². The maximum absolute atomic E-state index is 12.5. The first-order valence-corrected chi connectivity index (χ1v) is 9.87. The van der Waals surface area contributed by atoms with Crippen LogP contribution in [0.25, 0.3) is 5.52 Å². The zero-order valence-corrected chi connectivity index (χ0v) is 16.5. The molecule has 2 aromatic heterocycles. The molecule has 0 unspecified atom stereocenters. The maximum Gasteiger partial charge on any atom is 0.272 e. The molecule has 2 amide bonds. The summed E-state index contributed by atoms with van der Waals surface area (Å²) in [6, 6.07) is 15.9. The first kappa shape index (κ1) is 19.1. The number of carbonyl (C=O) groups is 2. The van der Waals surface area contributed by atoms with Crippen LogP contribution in [-0.4, -0.2) is 64.0 Å². The lowest BCUT2D eigenvalue weighted by atomic mass is 10.1. The van der Waals surface area contributed by atoms with Crippen molar-refractivity contribution in [3.63, 3.8) is 0 Å². The third kappa shape index (κ3) is 4.63. The van der Waals surface area contributed by atoms with Crippen molar-refractivity contribution in [2.24, 2.45) is 0 Å². The molecule has 7 nitrogen and oxygen atoms in total. The molecule has 1 fully saturated rings. The minimum atomic E-state index is -0.333. The van der Waals surface area contributed by atoms with Gasteiger partial charge in [-0.05, 0) is 30.7 Å². The largest absolute Gasteiger partial charge is 0.342 e. The molecular weight excluding hydrogens is 366 g/mol. The summed E-state index contributed by atoms with van der Waals surface area (Å²) in [5.74, 6) is -0.392. The number of pyridine rings is 1. The Morgan fingerprint density at radius 3 is 2.52 bits per heavy atom. The van der Waals surface area contributed by atoms with E-state index in [1.54, 1.807) is 16.8 Å². The van der Waals surface area contributed by atoms with Gasteiger partial charge in [-0.15, -0.1) is 0 Å². The van der Waals surface area contributed by atoms with Gasteiger partial charge < -0.3 is 10.2 Å². The molecule has 7 heteroatoms. The highest BCUT2D eigenvalue weighted by molar-refractivity contribution is 5.95. The Kier molecular flexibility index (Phi) is 5.57. The molecule has 0 radical (unpaired) electrons. The molecule has 1 N–H and O–H groups in total. The standard InChI is InChI=1S/C22H25N5O2/c1-17-5-7-18(8-6-17)16-25-10-12-26(13-11-25)21(28)15-23-22(29)20-14-19-4-2-3-9-27(19)24-20/h2-9,14H,10-13,15-16H2,1H3,(H,23,29). The van der Waals surface area contributed by atoms with Gasteiger partial charge in [0.25, 0.3) is 5.91 Å². The van der Waals surface area contributed by atoms with Crippen LogP contribution in [0.4, 0.5) is 0 Å². The summed E-state index contributed by atoms with van der Waals surface area (Å²) in [4.78, 5) is 29.0. The van der Waals surface area contributed by atoms with Gasteiger partial charge in [0.05, 0.1) is 12.1 Å². The molecule has 29 heavy (non-hydrogen) atoms. The number of aromatic nitrogens is 2. The molecular formula is C22H25N5O2. The molecule has 0 aliphatic carbocycles. The Hall–Kier alpha value is -3.19. The van der Waals surface area contributed by atoms with Gasteiger partial charge in [-0.1, -0.05) is 35.9 Å². The van der Waals surface area contributed by atoms with Crippen LogP contribution in [0.5, 0.6) is 0 Å². The van der Waals surface area contributed by atoms with Gasteiger partial charge in [0.1, 0.15) is 0 Å². The van der Waals surface area contributed by atoms with E-state index in [4.69, 9.17) is 0 Å².